The maximum atomic E-state index is 12.1. The standard InChI is InChI=1S/C17H29N3O/c1-13(2)12-20(14(3)4)9-8-17(21)19-16-7-5-6-15(10-16)11-18/h5-7,10,13-14H,8-9,11-12,18H2,1-4H3,(H,19,21). The lowest BCUT2D eigenvalue weighted by atomic mass is 10.1. The van der Waals surface area contributed by atoms with Crippen LogP contribution in [0.4, 0.5) is 5.69 Å². The number of anilines is 1. The number of hydrogen-bond donors (Lipinski definition) is 2. The van der Waals surface area contributed by atoms with Crippen LogP contribution in [0.3, 0.4) is 0 Å². The summed E-state index contributed by atoms with van der Waals surface area (Å²) in [5.74, 6) is 0.662. The summed E-state index contributed by atoms with van der Waals surface area (Å²) in [6, 6.07) is 8.15. The molecule has 1 aromatic carbocycles. The number of hydrogen-bond acceptors (Lipinski definition) is 3. The van der Waals surface area contributed by atoms with E-state index in [0.29, 0.717) is 24.9 Å². The molecule has 0 aliphatic rings. The molecule has 0 aromatic heterocycles. The van der Waals surface area contributed by atoms with Gasteiger partial charge in [0.05, 0.1) is 0 Å². The van der Waals surface area contributed by atoms with E-state index in [0.717, 1.165) is 24.3 Å². The summed E-state index contributed by atoms with van der Waals surface area (Å²) in [4.78, 5) is 14.4. The molecule has 1 rings (SSSR count). The van der Waals surface area contributed by atoms with E-state index in [2.05, 4.69) is 37.9 Å². The lowest BCUT2D eigenvalue weighted by Gasteiger charge is -2.27. The monoisotopic (exact) mass is 291 g/mol. The zero-order valence-electron chi connectivity index (χ0n) is 13.7. The molecule has 118 valence electrons. The Hall–Kier alpha value is -1.39. The highest BCUT2D eigenvalue weighted by Gasteiger charge is 2.13. The SMILES string of the molecule is CC(C)CN(CCC(=O)Nc1cccc(CN)c1)C(C)C. The van der Waals surface area contributed by atoms with Crippen LogP contribution in [-0.4, -0.2) is 29.9 Å². The van der Waals surface area contributed by atoms with Gasteiger partial charge in [0.25, 0.3) is 0 Å². The van der Waals surface area contributed by atoms with Gasteiger partial charge in [-0.25, -0.2) is 0 Å². The third-order valence-electron chi connectivity index (χ3n) is 3.40. The summed E-state index contributed by atoms with van der Waals surface area (Å²) in [6.07, 6.45) is 0.512. The van der Waals surface area contributed by atoms with E-state index in [1.54, 1.807) is 0 Å². The van der Waals surface area contributed by atoms with Crippen LogP contribution in [0.5, 0.6) is 0 Å². The number of carbonyl (C=O) groups is 1. The van der Waals surface area contributed by atoms with Gasteiger partial charge in [0.15, 0.2) is 0 Å². The maximum Gasteiger partial charge on any atom is 0.225 e. The topological polar surface area (TPSA) is 58.4 Å². The third-order valence-corrected chi connectivity index (χ3v) is 3.40. The second-order valence-corrected chi connectivity index (χ2v) is 6.19. The van der Waals surface area contributed by atoms with Crippen LogP contribution >= 0.6 is 0 Å². The van der Waals surface area contributed by atoms with E-state index in [1.165, 1.54) is 0 Å². The van der Waals surface area contributed by atoms with Gasteiger partial charge in [0.1, 0.15) is 0 Å². The summed E-state index contributed by atoms with van der Waals surface area (Å²) in [7, 11) is 0. The molecule has 0 spiro atoms. The molecule has 1 amide bonds. The largest absolute Gasteiger partial charge is 0.326 e. The Bertz CT molecular complexity index is 443. The molecule has 0 bridgehead atoms. The van der Waals surface area contributed by atoms with E-state index in [1.807, 2.05) is 24.3 Å². The second kappa shape index (κ2) is 8.80. The summed E-state index contributed by atoms with van der Waals surface area (Å²) in [5.41, 5.74) is 7.45. The highest BCUT2D eigenvalue weighted by Crippen LogP contribution is 2.11. The molecule has 0 unspecified atom stereocenters. The Morgan fingerprint density at radius 1 is 1.29 bits per heavy atom. The fourth-order valence-corrected chi connectivity index (χ4v) is 2.27. The molecule has 0 fully saturated rings. The van der Waals surface area contributed by atoms with E-state index < -0.39 is 0 Å². The highest BCUT2D eigenvalue weighted by molar-refractivity contribution is 5.90. The number of carbonyl (C=O) groups excluding carboxylic acids is 1. The van der Waals surface area contributed by atoms with Crippen LogP contribution < -0.4 is 11.1 Å². The van der Waals surface area contributed by atoms with E-state index >= 15 is 0 Å². The number of rotatable bonds is 8. The predicted molar refractivity (Wildman–Crippen MR) is 89.1 cm³/mol. The molecule has 0 heterocycles. The Kier molecular flexibility index (Phi) is 7.40. The van der Waals surface area contributed by atoms with Crippen molar-refractivity contribution in [3.8, 4) is 0 Å². The lowest BCUT2D eigenvalue weighted by Crippen LogP contribution is -2.36. The summed E-state index contributed by atoms with van der Waals surface area (Å²) >= 11 is 0. The highest BCUT2D eigenvalue weighted by atomic mass is 16.1. The molecule has 4 nitrogen and oxygen atoms in total. The minimum absolute atomic E-state index is 0.0542. The Labute approximate surface area is 128 Å². The van der Waals surface area contributed by atoms with Crippen LogP contribution in [0, 0.1) is 5.92 Å². The molecule has 4 heteroatoms. The molecule has 0 saturated heterocycles. The molecule has 0 radical (unpaired) electrons. The first kappa shape index (κ1) is 17.7. The van der Waals surface area contributed by atoms with Crippen molar-refractivity contribution < 1.29 is 4.79 Å². The van der Waals surface area contributed by atoms with Crippen molar-refractivity contribution in [3.05, 3.63) is 29.8 Å². The Balaban J connectivity index is 2.48. The van der Waals surface area contributed by atoms with Gasteiger partial charge in [-0.2, -0.15) is 0 Å². The smallest absolute Gasteiger partial charge is 0.225 e. The van der Waals surface area contributed by atoms with Crippen molar-refractivity contribution in [1.29, 1.82) is 0 Å². The van der Waals surface area contributed by atoms with Gasteiger partial charge >= 0.3 is 0 Å². The number of nitrogens with zero attached hydrogens (tertiary/aromatic N) is 1. The Morgan fingerprint density at radius 3 is 2.57 bits per heavy atom. The first-order chi connectivity index (χ1) is 9.92. The third kappa shape index (κ3) is 6.74. The van der Waals surface area contributed by atoms with Gasteiger partial charge in [0.2, 0.25) is 5.91 Å². The molecule has 21 heavy (non-hydrogen) atoms. The quantitative estimate of drug-likeness (QED) is 0.774. The van der Waals surface area contributed by atoms with Gasteiger partial charge < -0.3 is 16.0 Å². The van der Waals surface area contributed by atoms with Crippen molar-refractivity contribution in [2.45, 2.75) is 46.7 Å². The number of amides is 1. The first-order valence-corrected chi connectivity index (χ1v) is 7.75. The number of benzene rings is 1. The van der Waals surface area contributed by atoms with Crippen LogP contribution in [0.25, 0.3) is 0 Å². The minimum atomic E-state index is 0.0542. The predicted octanol–water partition coefficient (Wildman–Crippen LogP) is 2.84. The maximum absolute atomic E-state index is 12.1. The number of nitrogens with one attached hydrogen (secondary N) is 1. The molecule has 1 aromatic rings. The van der Waals surface area contributed by atoms with E-state index in [-0.39, 0.29) is 5.91 Å². The van der Waals surface area contributed by atoms with Crippen molar-refractivity contribution in [1.82, 2.24) is 4.90 Å². The second-order valence-electron chi connectivity index (χ2n) is 6.19. The summed E-state index contributed by atoms with van der Waals surface area (Å²) < 4.78 is 0. The van der Waals surface area contributed by atoms with Crippen LogP contribution in [0.2, 0.25) is 0 Å². The van der Waals surface area contributed by atoms with Gasteiger partial charge in [-0.3, -0.25) is 4.79 Å². The summed E-state index contributed by atoms with van der Waals surface area (Å²) in [5, 5.41) is 2.94. The fourth-order valence-electron chi connectivity index (χ4n) is 2.27. The molecule has 0 saturated carbocycles. The molecular formula is C17H29N3O. The summed E-state index contributed by atoms with van der Waals surface area (Å²) in [6.45, 7) is 11.0. The van der Waals surface area contributed by atoms with Gasteiger partial charge in [-0.1, -0.05) is 26.0 Å². The Morgan fingerprint density at radius 2 is 2.00 bits per heavy atom. The van der Waals surface area contributed by atoms with Gasteiger partial charge in [-0.05, 0) is 37.5 Å². The van der Waals surface area contributed by atoms with Crippen molar-refractivity contribution in [2.24, 2.45) is 11.7 Å². The average Bonchev–Trinajstić information content (AvgIpc) is 2.43. The molecule has 3 N–H and O–H groups in total. The van der Waals surface area contributed by atoms with Gasteiger partial charge in [0, 0.05) is 37.8 Å². The number of nitrogens with two attached hydrogens (primary N) is 1. The zero-order valence-corrected chi connectivity index (χ0v) is 13.7. The first-order valence-electron chi connectivity index (χ1n) is 7.75. The fraction of sp³-hybridized carbons (Fsp3) is 0.588. The minimum Gasteiger partial charge on any atom is -0.326 e. The molecule has 0 aliphatic carbocycles. The van der Waals surface area contributed by atoms with E-state index in [9.17, 15) is 4.79 Å². The van der Waals surface area contributed by atoms with Crippen molar-refractivity contribution in [2.75, 3.05) is 18.4 Å². The van der Waals surface area contributed by atoms with Crippen molar-refractivity contribution in [3.63, 3.8) is 0 Å². The van der Waals surface area contributed by atoms with Crippen LogP contribution in [0.1, 0.15) is 39.7 Å². The lowest BCUT2D eigenvalue weighted by molar-refractivity contribution is -0.116. The van der Waals surface area contributed by atoms with E-state index in [4.69, 9.17) is 5.73 Å². The normalized spacial score (nSPS) is 11.4. The average molecular weight is 291 g/mol. The molecule has 0 aliphatic heterocycles. The van der Waals surface area contributed by atoms with Crippen LogP contribution in [0.15, 0.2) is 24.3 Å². The molecule has 0 atom stereocenters. The molecular weight excluding hydrogens is 262 g/mol. The van der Waals surface area contributed by atoms with Crippen molar-refractivity contribution >= 4 is 11.6 Å². The van der Waals surface area contributed by atoms with Gasteiger partial charge in [-0.15, -0.1) is 0 Å². The van der Waals surface area contributed by atoms with Crippen LogP contribution in [-0.2, 0) is 11.3 Å². The zero-order chi connectivity index (χ0) is 15.8.